The number of hydrogen-bond donors (Lipinski definition) is 0. The summed E-state index contributed by atoms with van der Waals surface area (Å²) in [5.41, 5.74) is 36.1. The lowest BCUT2D eigenvalue weighted by Crippen LogP contribution is -2.37. The van der Waals surface area contributed by atoms with Gasteiger partial charge in [0.1, 0.15) is 45.4 Å². The molecular weight excluding hydrogens is 1940 g/mol. The summed E-state index contributed by atoms with van der Waals surface area (Å²) >= 11 is 15.1. The fourth-order valence-electron chi connectivity index (χ4n) is 19.1. The van der Waals surface area contributed by atoms with Crippen LogP contribution in [0.5, 0.6) is 0 Å². The zero-order chi connectivity index (χ0) is 105. The molecule has 21 aromatic rings. The highest BCUT2D eigenvalue weighted by Crippen LogP contribution is 2.40. The number of likely N-dealkylation sites (N-methyl/N-ethyl adjacent to an activating group) is 2. The SMILES string of the molecule is CC(=O)Cc1c(-c2ccc(C)cc2)nc2ccc(C)cn12.Cc1ccc(-c2nc3ccc(C)cn3c2C2CC=CCN(C)C2=O)cc1.Cc1ccc(-c2nc3ccc(C)cn3c2C2CCCN(C)C2=O)cc1.Cc1ccc(-c2nc3ccc(C)cn3c2CC(=O)CCc2ccccc2)cc1.Cc1ccc(-c2nc3ccc(C)cn3c2CC(=O)c2ccsc2)cc1.O=C(Cc1c(-c2ccc(Cl)cc2)nc2ccc(Cl)cn12)c1cccs1. The largest absolute Gasteiger partial charge is 0.345 e. The number of thiophene rings is 2. The molecule has 2 aliphatic heterocycles. The van der Waals surface area contributed by atoms with Crippen LogP contribution in [0.3, 0.4) is 0 Å². The topological polar surface area (TPSA) is 213 Å². The molecular formula is C126H118Cl2N14O6S2. The zero-order valence-electron chi connectivity index (χ0n) is 86.5. The van der Waals surface area contributed by atoms with Gasteiger partial charge in [-0.1, -0.05) is 263 Å². The average Bonchev–Trinajstić information content (AvgIpc) is 1.61. The Morgan fingerprint density at radius 1 is 0.347 bits per heavy atom. The lowest BCUT2D eigenvalue weighted by atomic mass is 9.91. The third-order valence-corrected chi connectivity index (χ3v) is 29.2. The molecule has 16 heterocycles. The maximum Gasteiger partial charge on any atom is 0.232 e. The number of aromatic nitrogens is 12. The minimum atomic E-state index is -0.230. The molecule has 2 amide bonds. The Bertz CT molecular complexity index is 8360. The third-order valence-electron chi connectivity index (χ3n) is 27.2. The number of nitrogens with zero attached hydrogens (tertiary/aromatic N) is 14. The van der Waals surface area contributed by atoms with E-state index in [0.717, 1.165) is 194 Å². The van der Waals surface area contributed by atoms with Crippen LogP contribution in [0.2, 0.25) is 10.0 Å². The zero-order valence-corrected chi connectivity index (χ0v) is 89.6. The number of fused-ring (bicyclic) bond motifs is 6. The van der Waals surface area contributed by atoms with Crippen molar-refractivity contribution in [2.45, 2.75) is 146 Å². The molecule has 24 heteroatoms. The first kappa shape index (κ1) is 104. The number of aryl methyl sites for hydroxylation is 11. The smallest absolute Gasteiger partial charge is 0.232 e. The molecule has 1 fully saturated rings. The minimum Gasteiger partial charge on any atom is -0.345 e. The van der Waals surface area contributed by atoms with E-state index < -0.39 is 0 Å². The molecule has 2 atom stereocenters. The molecule has 0 saturated carbocycles. The van der Waals surface area contributed by atoms with E-state index in [0.29, 0.717) is 48.7 Å². The summed E-state index contributed by atoms with van der Waals surface area (Å²) in [5, 5.41) is 7.00. The Hall–Kier alpha value is -16.0. The number of rotatable bonds is 21. The van der Waals surface area contributed by atoms with E-state index in [2.05, 4.69) is 269 Å². The fraction of sp³-hybridized carbons (Fsp3) is 0.206. The fourth-order valence-corrected chi connectivity index (χ4v) is 20.7. The number of ketones is 4. The summed E-state index contributed by atoms with van der Waals surface area (Å²) in [4.78, 5) is 109. The van der Waals surface area contributed by atoms with Crippen molar-refractivity contribution in [3.63, 3.8) is 0 Å². The lowest BCUT2D eigenvalue weighted by Gasteiger charge is -2.29. The highest BCUT2D eigenvalue weighted by Gasteiger charge is 2.35. The van der Waals surface area contributed by atoms with Gasteiger partial charge in [-0.05, 0) is 213 Å². The molecule has 0 spiro atoms. The first-order chi connectivity index (χ1) is 72.5. The monoisotopic (exact) mass is 2060 g/mol. The van der Waals surface area contributed by atoms with Crippen molar-refractivity contribution in [2.75, 3.05) is 27.2 Å². The van der Waals surface area contributed by atoms with Crippen LogP contribution in [-0.4, -0.2) is 128 Å². The number of allylic oxidation sites excluding steroid dienone is 1. The van der Waals surface area contributed by atoms with Crippen molar-refractivity contribution in [1.29, 1.82) is 0 Å². The van der Waals surface area contributed by atoms with Crippen molar-refractivity contribution in [3.8, 4) is 67.5 Å². The van der Waals surface area contributed by atoms with Crippen LogP contribution in [0, 0.1) is 69.2 Å². The predicted molar refractivity (Wildman–Crippen MR) is 607 cm³/mol. The number of benzene rings is 7. The second-order valence-electron chi connectivity index (χ2n) is 39.1. The summed E-state index contributed by atoms with van der Waals surface area (Å²) < 4.78 is 12.3. The predicted octanol–water partition coefficient (Wildman–Crippen LogP) is 28.1. The second-order valence-corrected chi connectivity index (χ2v) is 41.7. The van der Waals surface area contributed by atoms with Crippen LogP contribution in [0.4, 0.5) is 0 Å². The molecule has 754 valence electrons. The van der Waals surface area contributed by atoms with Crippen LogP contribution in [0.15, 0.2) is 332 Å². The van der Waals surface area contributed by atoms with E-state index in [1.54, 1.807) is 35.4 Å². The number of pyridine rings is 6. The molecule has 14 aromatic heterocycles. The Kier molecular flexibility index (Phi) is 32.3. The molecule has 0 bridgehead atoms. The highest BCUT2D eigenvalue weighted by molar-refractivity contribution is 7.12. The Morgan fingerprint density at radius 3 is 1.13 bits per heavy atom. The van der Waals surface area contributed by atoms with E-state index in [-0.39, 0.29) is 53.2 Å². The van der Waals surface area contributed by atoms with E-state index >= 15 is 0 Å². The minimum absolute atomic E-state index is 0.0620. The van der Waals surface area contributed by atoms with Gasteiger partial charge in [0.05, 0.1) is 103 Å². The van der Waals surface area contributed by atoms with Crippen LogP contribution in [0.25, 0.3) is 101 Å². The summed E-state index contributed by atoms with van der Waals surface area (Å²) in [6, 6.07) is 88.9. The summed E-state index contributed by atoms with van der Waals surface area (Å²) in [5.74, 6) is 0.547. The second kappa shape index (κ2) is 46.6. The summed E-state index contributed by atoms with van der Waals surface area (Å²) in [7, 11) is 3.76. The van der Waals surface area contributed by atoms with Gasteiger partial charge >= 0.3 is 0 Å². The molecule has 23 rings (SSSR count). The van der Waals surface area contributed by atoms with Crippen LogP contribution < -0.4 is 0 Å². The Labute approximate surface area is 891 Å². The maximum atomic E-state index is 13.1. The van der Waals surface area contributed by atoms with E-state index in [9.17, 15) is 28.8 Å². The van der Waals surface area contributed by atoms with Crippen molar-refractivity contribution < 1.29 is 28.8 Å². The van der Waals surface area contributed by atoms with Crippen molar-refractivity contribution >= 4 is 115 Å². The van der Waals surface area contributed by atoms with Gasteiger partial charge < -0.3 is 36.2 Å². The number of likely N-dealkylation sites (tertiary alicyclic amines) is 1. The molecule has 0 N–H and O–H groups in total. The van der Waals surface area contributed by atoms with E-state index in [4.69, 9.17) is 53.1 Å². The van der Waals surface area contributed by atoms with Crippen LogP contribution in [-0.2, 0) is 51.3 Å². The van der Waals surface area contributed by atoms with E-state index in [1.165, 1.54) is 50.3 Å². The molecule has 2 unspecified atom stereocenters. The number of piperidine rings is 1. The third kappa shape index (κ3) is 24.2. The Morgan fingerprint density at radius 2 is 0.707 bits per heavy atom. The molecule has 7 aromatic carbocycles. The number of hydrogen-bond acceptors (Lipinski definition) is 14. The number of carbonyl (C=O) groups is 6. The summed E-state index contributed by atoms with van der Waals surface area (Å²) in [6.45, 7) is 23.8. The standard InChI is InChI=1S/C25H24N2O.C22H23N3O.C21H23N3O.C21H18N2OS.C19H12Cl2N2OS.C18H18N2O/c1-18-8-12-21(13-9-18)25-23(27-17-19(2)10-15-24(27)26-25)16-22(28)14-11-20-6-4-3-5-7-20;1-15-7-10-17(11-8-15)20-21(18-6-4-5-13-24(3)22(18)26)25-14-16(2)9-12-19(25)23-20;1-14-6-9-16(10-7-14)19-20(17-5-4-12-23(3)21(17)25)24-13-15(2)8-11-18(24)22-19;1-14-3-6-16(7-4-14)21-18(11-19(24)17-9-10-25-13-17)23-12-15(2)5-8-20(23)22-21;20-13-5-3-12(4-6-13)19-15(10-16(24)17-2-1-9-25-17)23-11-14(21)7-8-18(23)22-19;1-12-4-7-15(8-5-12)18-16(10-14(3)21)20-11-13(2)6-9-17(20)19-18/h3-10,12-13,15,17H,11,14,16H2,1-2H3;4-5,7-12,14,18H,6,13H2,1-3H3;6-11,13,17H,4-5,12H2,1-3H3;3-10,12-13H,11H2,1-2H3;1-9,11H,10H2;4-9,11H,10H2,1-3H3. The maximum absolute atomic E-state index is 13.1. The number of amides is 2. The van der Waals surface area contributed by atoms with Gasteiger partial charge in [-0.25, -0.2) is 29.9 Å². The van der Waals surface area contributed by atoms with Gasteiger partial charge in [-0.3, -0.25) is 28.8 Å². The van der Waals surface area contributed by atoms with Gasteiger partial charge in [-0.2, -0.15) is 11.3 Å². The number of halogens is 2. The number of carbonyl (C=O) groups excluding carboxylic acids is 6. The molecule has 20 nitrogen and oxygen atoms in total. The summed E-state index contributed by atoms with van der Waals surface area (Å²) in [6.07, 6.45) is 21.6. The number of Topliss-reactive ketones (excluding diaryl/α,β-unsaturated/α-hetero) is 4. The first-order valence-corrected chi connectivity index (χ1v) is 53.0. The molecule has 1 saturated heterocycles. The van der Waals surface area contributed by atoms with Crippen molar-refractivity contribution in [2.24, 2.45) is 0 Å². The number of imidazole rings is 6. The van der Waals surface area contributed by atoms with Gasteiger partial charge in [0.15, 0.2) is 11.6 Å². The van der Waals surface area contributed by atoms with Gasteiger partial charge in [-0.15, -0.1) is 11.3 Å². The highest BCUT2D eigenvalue weighted by atomic mass is 35.5. The van der Waals surface area contributed by atoms with Gasteiger partial charge in [0, 0.05) is 133 Å². The van der Waals surface area contributed by atoms with Crippen molar-refractivity contribution in [3.05, 3.63) is 448 Å². The van der Waals surface area contributed by atoms with Crippen LogP contribution >= 0.6 is 45.9 Å². The molecule has 2 aliphatic rings. The molecule has 0 radical (unpaired) electrons. The normalized spacial score (nSPS) is 13.4. The molecule has 150 heavy (non-hydrogen) atoms. The van der Waals surface area contributed by atoms with Crippen LogP contribution in [0.1, 0.15) is 160 Å². The molecule has 0 aliphatic carbocycles. The lowest BCUT2D eigenvalue weighted by molar-refractivity contribution is -0.134. The van der Waals surface area contributed by atoms with Gasteiger partial charge in [0.25, 0.3) is 0 Å². The van der Waals surface area contributed by atoms with Gasteiger partial charge in [0.2, 0.25) is 11.8 Å². The first-order valence-electron chi connectivity index (χ1n) is 50.5. The quantitative estimate of drug-likeness (QED) is 0.0485. The Balaban J connectivity index is 0.000000118. The average molecular weight is 2060 g/mol. The van der Waals surface area contributed by atoms with Crippen molar-refractivity contribution in [1.82, 2.24) is 66.1 Å². The van der Waals surface area contributed by atoms with E-state index in [1.807, 2.05) is 166 Å².